The zero-order valence-electron chi connectivity index (χ0n) is 14.5. The number of rotatable bonds is 3. The van der Waals surface area contributed by atoms with Gasteiger partial charge >= 0.3 is 0 Å². The van der Waals surface area contributed by atoms with Gasteiger partial charge < -0.3 is 4.52 Å². The molecule has 6 nitrogen and oxygen atoms in total. The molecule has 0 aromatic carbocycles. The van der Waals surface area contributed by atoms with Gasteiger partial charge in [-0.3, -0.25) is 10.1 Å². The average molecular weight is 356 g/mol. The molecule has 25 heavy (non-hydrogen) atoms. The smallest absolute Gasteiger partial charge is 0.259 e. The van der Waals surface area contributed by atoms with Gasteiger partial charge in [-0.1, -0.05) is 25.9 Å². The van der Waals surface area contributed by atoms with Crippen molar-refractivity contribution in [2.75, 3.05) is 5.32 Å². The fourth-order valence-electron chi connectivity index (χ4n) is 3.15. The topological polar surface area (TPSA) is 80.9 Å². The Labute approximate surface area is 149 Å². The van der Waals surface area contributed by atoms with Gasteiger partial charge in [0.25, 0.3) is 11.6 Å². The molecule has 0 fully saturated rings. The van der Waals surface area contributed by atoms with Crippen LogP contribution in [0.4, 0.5) is 5.13 Å². The Hall–Kier alpha value is -2.28. The Morgan fingerprint density at radius 2 is 2.28 bits per heavy atom. The zero-order chi connectivity index (χ0) is 17.6. The summed E-state index contributed by atoms with van der Waals surface area (Å²) in [6.45, 7) is 6.32. The summed E-state index contributed by atoms with van der Waals surface area (Å²) in [5.41, 5.74) is 2.89. The van der Waals surface area contributed by atoms with E-state index in [0.29, 0.717) is 22.3 Å². The quantitative estimate of drug-likeness (QED) is 0.761. The molecule has 1 amide bonds. The standard InChI is InChI=1S/C18H20N4O2S/c1-9(2)15-12-7-11(8-19-17(12)24-22-15)16(23)21-18-20-13-5-4-10(3)6-14(13)25-18/h7-10H,4-6H2,1-3H3,(H,20,21,23). The van der Waals surface area contributed by atoms with Crippen LogP contribution >= 0.6 is 11.3 Å². The van der Waals surface area contributed by atoms with E-state index in [9.17, 15) is 4.79 Å². The lowest BCUT2D eigenvalue weighted by atomic mass is 9.93. The number of nitrogens with one attached hydrogen (secondary N) is 1. The summed E-state index contributed by atoms with van der Waals surface area (Å²) in [6.07, 6.45) is 4.72. The number of amides is 1. The van der Waals surface area contributed by atoms with Crippen LogP contribution in [0.1, 0.15) is 59.7 Å². The van der Waals surface area contributed by atoms with E-state index in [2.05, 4.69) is 27.4 Å². The summed E-state index contributed by atoms with van der Waals surface area (Å²) in [5, 5.41) is 8.42. The van der Waals surface area contributed by atoms with Gasteiger partial charge in [-0.25, -0.2) is 9.97 Å². The van der Waals surface area contributed by atoms with Crippen molar-refractivity contribution in [1.29, 1.82) is 0 Å². The summed E-state index contributed by atoms with van der Waals surface area (Å²) < 4.78 is 5.23. The summed E-state index contributed by atoms with van der Waals surface area (Å²) in [7, 11) is 0. The molecule has 3 aromatic rings. The van der Waals surface area contributed by atoms with E-state index >= 15 is 0 Å². The third-order valence-corrected chi connectivity index (χ3v) is 5.61. The van der Waals surface area contributed by atoms with Gasteiger partial charge in [0.05, 0.1) is 22.3 Å². The van der Waals surface area contributed by atoms with Crippen LogP contribution in [0, 0.1) is 5.92 Å². The molecule has 130 valence electrons. The molecule has 0 saturated heterocycles. The van der Waals surface area contributed by atoms with Crippen molar-refractivity contribution in [3.63, 3.8) is 0 Å². The third kappa shape index (κ3) is 3.04. The van der Waals surface area contributed by atoms with Gasteiger partial charge in [-0.2, -0.15) is 0 Å². The second-order valence-electron chi connectivity index (χ2n) is 6.99. The van der Waals surface area contributed by atoms with Crippen LogP contribution in [0.15, 0.2) is 16.8 Å². The van der Waals surface area contributed by atoms with Crippen molar-refractivity contribution >= 4 is 33.5 Å². The van der Waals surface area contributed by atoms with Crippen molar-refractivity contribution in [3.8, 4) is 0 Å². The molecule has 0 bridgehead atoms. The fourth-order valence-corrected chi connectivity index (χ4v) is 4.32. The number of aromatic nitrogens is 3. The maximum absolute atomic E-state index is 12.6. The number of carbonyl (C=O) groups is 1. The zero-order valence-corrected chi connectivity index (χ0v) is 15.3. The highest BCUT2D eigenvalue weighted by molar-refractivity contribution is 7.15. The molecule has 7 heteroatoms. The maximum atomic E-state index is 12.6. The first-order chi connectivity index (χ1) is 12.0. The number of hydrogen-bond acceptors (Lipinski definition) is 6. The number of thiazole rings is 1. The first-order valence-corrected chi connectivity index (χ1v) is 9.38. The van der Waals surface area contributed by atoms with E-state index in [1.165, 1.54) is 11.1 Å². The lowest BCUT2D eigenvalue weighted by Gasteiger charge is -2.15. The summed E-state index contributed by atoms with van der Waals surface area (Å²) >= 11 is 1.58. The van der Waals surface area contributed by atoms with Crippen LogP contribution < -0.4 is 5.32 Å². The van der Waals surface area contributed by atoms with E-state index in [-0.39, 0.29) is 11.8 Å². The lowest BCUT2D eigenvalue weighted by molar-refractivity contribution is 0.102. The number of hydrogen-bond donors (Lipinski definition) is 1. The molecule has 0 spiro atoms. The van der Waals surface area contributed by atoms with Crippen LogP contribution in [0.5, 0.6) is 0 Å². The minimum Gasteiger partial charge on any atom is -0.336 e. The van der Waals surface area contributed by atoms with Gasteiger partial charge in [0.2, 0.25) is 0 Å². The van der Waals surface area contributed by atoms with Crippen molar-refractivity contribution in [3.05, 3.63) is 34.1 Å². The van der Waals surface area contributed by atoms with Gasteiger partial charge in [0, 0.05) is 11.1 Å². The Bertz CT molecular complexity index is 944. The van der Waals surface area contributed by atoms with E-state index < -0.39 is 0 Å². The van der Waals surface area contributed by atoms with Crippen LogP contribution in [-0.4, -0.2) is 21.0 Å². The van der Waals surface area contributed by atoms with Crippen molar-refractivity contribution < 1.29 is 9.32 Å². The summed E-state index contributed by atoms with van der Waals surface area (Å²) in [6, 6.07) is 1.79. The molecule has 1 aliphatic carbocycles. The number of pyridine rings is 1. The largest absolute Gasteiger partial charge is 0.336 e. The normalized spacial score (nSPS) is 17.0. The Kier molecular flexibility index (Phi) is 4.03. The Morgan fingerprint density at radius 1 is 1.44 bits per heavy atom. The molecule has 3 aromatic heterocycles. The van der Waals surface area contributed by atoms with Gasteiger partial charge in [-0.15, -0.1) is 11.3 Å². The van der Waals surface area contributed by atoms with E-state index in [4.69, 9.17) is 4.52 Å². The van der Waals surface area contributed by atoms with Crippen molar-refractivity contribution in [1.82, 2.24) is 15.1 Å². The predicted octanol–water partition coefficient (Wildman–Crippen LogP) is 4.18. The molecule has 1 N–H and O–H groups in total. The molecule has 1 atom stereocenters. The first kappa shape index (κ1) is 16.2. The third-order valence-electron chi connectivity index (χ3n) is 4.57. The van der Waals surface area contributed by atoms with Gasteiger partial charge in [-0.05, 0) is 37.2 Å². The second kappa shape index (κ2) is 6.22. The summed E-state index contributed by atoms with van der Waals surface area (Å²) in [5.74, 6) is 0.685. The minimum atomic E-state index is -0.204. The number of nitrogens with zero attached hydrogens (tertiary/aromatic N) is 3. The molecule has 1 aliphatic rings. The van der Waals surface area contributed by atoms with Crippen LogP contribution in [-0.2, 0) is 12.8 Å². The molecule has 0 radical (unpaired) electrons. The number of carbonyl (C=O) groups excluding carboxylic acids is 1. The van der Waals surface area contributed by atoms with Crippen LogP contribution in [0.3, 0.4) is 0 Å². The summed E-state index contributed by atoms with van der Waals surface area (Å²) in [4.78, 5) is 22.7. The SMILES string of the molecule is CC1CCc2nc(NC(=O)c3cnc4onc(C(C)C)c4c3)sc2C1. The van der Waals surface area contributed by atoms with Crippen molar-refractivity contribution in [2.24, 2.45) is 5.92 Å². The number of fused-ring (bicyclic) bond motifs is 2. The second-order valence-corrected chi connectivity index (χ2v) is 8.07. The predicted molar refractivity (Wildman–Crippen MR) is 97.1 cm³/mol. The first-order valence-electron chi connectivity index (χ1n) is 8.56. The molecule has 0 aliphatic heterocycles. The van der Waals surface area contributed by atoms with E-state index in [0.717, 1.165) is 36.0 Å². The van der Waals surface area contributed by atoms with Crippen LogP contribution in [0.25, 0.3) is 11.1 Å². The van der Waals surface area contributed by atoms with Crippen molar-refractivity contribution in [2.45, 2.75) is 46.0 Å². The number of aryl methyl sites for hydroxylation is 1. The fraction of sp³-hybridized carbons (Fsp3) is 0.444. The number of anilines is 1. The van der Waals surface area contributed by atoms with Gasteiger partial charge in [0.1, 0.15) is 0 Å². The molecule has 0 saturated carbocycles. The average Bonchev–Trinajstić information content (AvgIpc) is 3.16. The highest BCUT2D eigenvalue weighted by Gasteiger charge is 2.21. The molecule has 1 unspecified atom stereocenters. The van der Waals surface area contributed by atoms with E-state index in [1.54, 1.807) is 17.4 Å². The Balaban J connectivity index is 1.59. The highest BCUT2D eigenvalue weighted by atomic mass is 32.1. The lowest BCUT2D eigenvalue weighted by Crippen LogP contribution is -2.12. The molecular formula is C18H20N4O2S. The highest BCUT2D eigenvalue weighted by Crippen LogP contribution is 2.32. The monoisotopic (exact) mass is 356 g/mol. The molecule has 3 heterocycles. The maximum Gasteiger partial charge on any atom is 0.259 e. The van der Waals surface area contributed by atoms with Crippen LogP contribution in [0.2, 0.25) is 0 Å². The molecule has 4 rings (SSSR count). The minimum absolute atomic E-state index is 0.203. The van der Waals surface area contributed by atoms with Gasteiger partial charge in [0.15, 0.2) is 5.13 Å². The molecular weight excluding hydrogens is 336 g/mol. The Morgan fingerprint density at radius 3 is 3.08 bits per heavy atom. The van der Waals surface area contributed by atoms with E-state index in [1.807, 2.05) is 13.8 Å².